The maximum Gasteiger partial charge on any atom is 0.357 e. The first-order valence-electron chi connectivity index (χ1n) is 9.34. The molecule has 0 bridgehead atoms. The van der Waals surface area contributed by atoms with Gasteiger partial charge in [0.25, 0.3) is 11.4 Å². The van der Waals surface area contributed by atoms with Crippen LogP contribution in [0.25, 0.3) is 0 Å². The lowest BCUT2D eigenvalue weighted by atomic mass is 9.77. The maximum absolute atomic E-state index is 12.6. The van der Waals surface area contributed by atoms with Gasteiger partial charge in [-0.1, -0.05) is 13.8 Å². The molecule has 0 aromatic heterocycles. The molecule has 1 spiro atoms. The molecule has 11 atom stereocenters. The van der Waals surface area contributed by atoms with Gasteiger partial charge in [0, 0.05) is 5.92 Å². The summed E-state index contributed by atoms with van der Waals surface area (Å²) in [5, 5.41) is 50.3. The standard InChI is InChI=1S/C17H24O12/c1-5-6(2)16(29-13(5)22)15(23)28-12-8(4-25-17(12,16)24)27-14-11(21)10(20)9(19)7(3-18)26-14/h5-12,14,18-21,24H,3-4H2,1-2H3. The van der Waals surface area contributed by atoms with Gasteiger partial charge in [-0.25, -0.2) is 4.79 Å². The van der Waals surface area contributed by atoms with Crippen LogP contribution in [0.15, 0.2) is 0 Å². The van der Waals surface area contributed by atoms with E-state index in [0.29, 0.717) is 0 Å². The molecule has 12 heteroatoms. The Hall–Kier alpha value is -1.38. The molecule has 11 unspecified atom stereocenters. The van der Waals surface area contributed by atoms with Crippen LogP contribution in [0.1, 0.15) is 13.8 Å². The van der Waals surface area contributed by atoms with Gasteiger partial charge < -0.3 is 49.2 Å². The number of carbonyl (C=O) groups is 2. The second kappa shape index (κ2) is 6.82. The summed E-state index contributed by atoms with van der Waals surface area (Å²) in [5.41, 5.74) is -2.05. The first-order chi connectivity index (χ1) is 13.6. The van der Waals surface area contributed by atoms with Crippen LogP contribution in [0, 0.1) is 11.8 Å². The number of fused-ring (bicyclic) bond motifs is 2. The average Bonchev–Trinajstić information content (AvgIpc) is 3.21. The van der Waals surface area contributed by atoms with E-state index in [0.717, 1.165) is 0 Å². The predicted molar refractivity (Wildman–Crippen MR) is 86.6 cm³/mol. The van der Waals surface area contributed by atoms with Crippen molar-refractivity contribution in [3.05, 3.63) is 0 Å². The van der Waals surface area contributed by atoms with E-state index in [9.17, 15) is 35.1 Å². The lowest BCUT2D eigenvalue weighted by Crippen LogP contribution is -2.62. The normalized spacial score (nSPS) is 54.5. The Balaban J connectivity index is 1.56. The average molecular weight is 420 g/mol. The number of hydrogen-bond acceptors (Lipinski definition) is 12. The number of carbonyl (C=O) groups excluding carboxylic acids is 2. The molecule has 12 nitrogen and oxygen atoms in total. The van der Waals surface area contributed by atoms with E-state index in [-0.39, 0.29) is 6.61 Å². The van der Waals surface area contributed by atoms with Gasteiger partial charge in [0.2, 0.25) is 0 Å². The predicted octanol–water partition coefficient (Wildman–Crippen LogP) is -3.62. The molecule has 4 rings (SSSR count). The summed E-state index contributed by atoms with van der Waals surface area (Å²) in [5.74, 6) is -5.39. The van der Waals surface area contributed by atoms with E-state index in [2.05, 4.69) is 0 Å². The second-order valence-electron chi connectivity index (χ2n) is 7.94. The largest absolute Gasteiger partial charge is 0.450 e. The van der Waals surface area contributed by atoms with E-state index < -0.39 is 84.7 Å². The zero-order valence-corrected chi connectivity index (χ0v) is 15.7. The highest BCUT2D eigenvalue weighted by Crippen LogP contribution is 2.54. The van der Waals surface area contributed by atoms with Crippen LogP contribution in [-0.4, -0.2) is 105 Å². The van der Waals surface area contributed by atoms with Crippen LogP contribution in [-0.2, 0) is 33.3 Å². The first-order valence-corrected chi connectivity index (χ1v) is 9.34. The highest BCUT2D eigenvalue weighted by molar-refractivity contribution is 5.92. The van der Waals surface area contributed by atoms with Gasteiger partial charge in [0.15, 0.2) is 12.4 Å². The van der Waals surface area contributed by atoms with Gasteiger partial charge in [-0.2, -0.15) is 0 Å². The van der Waals surface area contributed by atoms with Gasteiger partial charge in [0.05, 0.1) is 19.1 Å². The zero-order valence-electron chi connectivity index (χ0n) is 15.7. The molecular weight excluding hydrogens is 396 g/mol. The smallest absolute Gasteiger partial charge is 0.357 e. The Bertz CT molecular complexity index is 698. The summed E-state index contributed by atoms with van der Waals surface area (Å²) in [6.07, 6.45) is -10.2. The van der Waals surface area contributed by atoms with Crippen molar-refractivity contribution in [1.29, 1.82) is 0 Å². The molecule has 4 fully saturated rings. The quantitative estimate of drug-likeness (QED) is 0.283. The summed E-state index contributed by atoms with van der Waals surface area (Å²) in [4.78, 5) is 24.7. The van der Waals surface area contributed by atoms with E-state index >= 15 is 0 Å². The SMILES string of the molecule is CC1C(=O)OC2(C(=O)OC3C(OC4OC(CO)C(O)C(O)C4O)COC32O)C1C. The van der Waals surface area contributed by atoms with Gasteiger partial charge in [-0.15, -0.1) is 0 Å². The van der Waals surface area contributed by atoms with Crippen LogP contribution < -0.4 is 0 Å². The molecule has 4 aliphatic rings. The van der Waals surface area contributed by atoms with E-state index in [4.69, 9.17) is 23.7 Å². The van der Waals surface area contributed by atoms with Crippen LogP contribution in [0.4, 0.5) is 0 Å². The fourth-order valence-electron chi connectivity index (χ4n) is 4.44. The molecular formula is C17H24O12. The highest BCUT2D eigenvalue weighted by atomic mass is 16.8. The number of hydrogen-bond donors (Lipinski definition) is 5. The van der Waals surface area contributed by atoms with Gasteiger partial charge in [0.1, 0.15) is 30.5 Å². The molecule has 4 saturated heterocycles. The van der Waals surface area contributed by atoms with Gasteiger partial charge in [-0.3, -0.25) is 4.79 Å². The van der Waals surface area contributed by atoms with Crippen LogP contribution in [0.2, 0.25) is 0 Å². The third-order valence-corrected chi connectivity index (χ3v) is 6.44. The first kappa shape index (κ1) is 20.9. The third kappa shape index (κ3) is 2.61. The summed E-state index contributed by atoms with van der Waals surface area (Å²) in [7, 11) is 0. The minimum atomic E-state index is -2.32. The lowest BCUT2D eigenvalue weighted by molar-refractivity contribution is -0.315. The molecule has 29 heavy (non-hydrogen) atoms. The van der Waals surface area contributed by atoms with Crippen molar-refractivity contribution in [3.8, 4) is 0 Å². The second-order valence-corrected chi connectivity index (χ2v) is 7.94. The Morgan fingerprint density at radius 1 is 1.14 bits per heavy atom. The Morgan fingerprint density at radius 2 is 1.83 bits per heavy atom. The fourth-order valence-corrected chi connectivity index (χ4v) is 4.44. The van der Waals surface area contributed by atoms with Crippen LogP contribution in [0.3, 0.4) is 0 Å². The van der Waals surface area contributed by atoms with Crippen molar-refractivity contribution < 1.29 is 58.8 Å². The number of aliphatic hydroxyl groups excluding tert-OH is 4. The van der Waals surface area contributed by atoms with Gasteiger partial charge >= 0.3 is 11.9 Å². The molecule has 164 valence electrons. The Morgan fingerprint density at radius 3 is 2.41 bits per heavy atom. The minimum absolute atomic E-state index is 0.302. The van der Waals surface area contributed by atoms with Gasteiger partial charge in [-0.05, 0) is 0 Å². The van der Waals surface area contributed by atoms with Crippen molar-refractivity contribution in [2.45, 2.75) is 68.1 Å². The number of aliphatic hydroxyl groups is 5. The summed E-state index contributed by atoms with van der Waals surface area (Å²) >= 11 is 0. The third-order valence-electron chi connectivity index (χ3n) is 6.44. The molecule has 0 amide bonds. The van der Waals surface area contributed by atoms with Crippen molar-refractivity contribution in [2.24, 2.45) is 11.8 Å². The van der Waals surface area contributed by atoms with E-state index in [1.165, 1.54) is 0 Å². The summed E-state index contributed by atoms with van der Waals surface area (Å²) in [6, 6.07) is 0. The molecule has 0 saturated carbocycles. The van der Waals surface area contributed by atoms with E-state index in [1.807, 2.05) is 0 Å². The Kier molecular flexibility index (Phi) is 4.91. The molecule has 5 N–H and O–H groups in total. The zero-order chi connectivity index (χ0) is 21.3. The fraction of sp³-hybridized carbons (Fsp3) is 0.882. The van der Waals surface area contributed by atoms with Crippen LogP contribution >= 0.6 is 0 Å². The number of rotatable bonds is 3. The molecule has 4 aliphatic heterocycles. The highest BCUT2D eigenvalue weighted by Gasteiger charge is 2.81. The molecule has 0 aromatic rings. The number of esters is 2. The monoisotopic (exact) mass is 420 g/mol. The van der Waals surface area contributed by atoms with E-state index in [1.54, 1.807) is 13.8 Å². The molecule has 4 heterocycles. The van der Waals surface area contributed by atoms with Crippen molar-refractivity contribution in [1.82, 2.24) is 0 Å². The van der Waals surface area contributed by atoms with Crippen LogP contribution in [0.5, 0.6) is 0 Å². The lowest BCUT2D eigenvalue weighted by Gasteiger charge is -2.40. The molecule has 0 aromatic carbocycles. The Labute approximate surface area is 164 Å². The van der Waals surface area contributed by atoms with Crippen molar-refractivity contribution in [3.63, 3.8) is 0 Å². The van der Waals surface area contributed by atoms with Crippen molar-refractivity contribution >= 4 is 11.9 Å². The molecule has 0 aliphatic carbocycles. The summed E-state index contributed by atoms with van der Waals surface area (Å²) in [6.45, 7) is 2.17. The molecule has 0 radical (unpaired) electrons. The minimum Gasteiger partial charge on any atom is -0.450 e. The number of ether oxygens (including phenoxy) is 5. The topological polar surface area (TPSA) is 181 Å². The summed E-state index contributed by atoms with van der Waals surface area (Å²) < 4.78 is 26.8. The van der Waals surface area contributed by atoms with Crippen molar-refractivity contribution in [2.75, 3.05) is 13.2 Å². The maximum atomic E-state index is 12.6.